The second kappa shape index (κ2) is 4.16. The van der Waals surface area contributed by atoms with Gasteiger partial charge in [-0.3, -0.25) is 10.1 Å². The zero-order valence-corrected chi connectivity index (χ0v) is 7.64. The predicted molar refractivity (Wildman–Crippen MR) is 49.7 cm³/mol. The minimum Gasteiger partial charge on any atom is -0.269 e. The molecule has 5 heteroatoms. The van der Waals surface area contributed by atoms with Crippen molar-refractivity contribution in [2.24, 2.45) is 0 Å². The van der Waals surface area contributed by atoms with E-state index < -0.39 is 12.2 Å². The van der Waals surface area contributed by atoms with Crippen molar-refractivity contribution in [3.63, 3.8) is 0 Å². The van der Waals surface area contributed by atoms with Gasteiger partial charge in [0.2, 0.25) is 0 Å². The second-order valence-electron chi connectivity index (χ2n) is 2.80. The SMILES string of the molecule is C=C(C(=O)NC(F)(F)F)c1ccccc1. The molecule has 1 aromatic rings. The quantitative estimate of drug-likeness (QED) is 0.595. The van der Waals surface area contributed by atoms with E-state index in [2.05, 4.69) is 6.58 Å². The summed E-state index contributed by atoms with van der Waals surface area (Å²) >= 11 is 0. The number of rotatable bonds is 2. The maximum Gasteiger partial charge on any atom is 0.484 e. The Bertz CT molecular complexity index is 370. The summed E-state index contributed by atoms with van der Waals surface area (Å²) in [6, 6.07) is 7.94. The maximum absolute atomic E-state index is 11.8. The third-order valence-electron chi connectivity index (χ3n) is 1.65. The molecule has 1 amide bonds. The van der Waals surface area contributed by atoms with Gasteiger partial charge in [-0.25, -0.2) is 0 Å². The van der Waals surface area contributed by atoms with Gasteiger partial charge in [0.15, 0.2) is 0 Å². The number of halogens is 3. The van der Waals surface area contributed by atoms with Crippen molar-refractivity contribution in [1.29, 1.82) is 0 Å². The van der Waals surface area contributed by atoms with E-state index in [0.29, 0.717) is 5.56 Å². The standard InChI is InChI=1S/C10H8F3NO/c1-7(8-5-3-2-4-6-8)9(15)14-10(11,12)13/h2-6H,1H2,(H,14,15). The van der Waals surface area contributed by atoms with E-state index in [1.54, 1.807) is 18.2 Å². The minimum atomic E-state index is -4.73. The summed E-state index contributed by atoms with van der Waals surface area (Å²) in [5.41, 5.74) is 0.146. The lowest BCUT2D eigenvalue weighted by atomic mass is 10.1. The highest BCUT2D eigenvalue weighted by atomic mass is 19.4. The van der Waals surface area contributed by atoms with Gasteiger partial charge in [-0.15, -0.1) is 0 Å². The molecule has 1 rings (SSSR count). The summed E-state index contributed by atoms with van der Waals surface area (Å²) in [6.07, 6.45) is -4.73. The van der Waals surface area contributed by atoms with Crippen molar-refractivity contribution in [3.05, 3.63) is 42.5 Å². The lowest BCUT2D eigenvalue weighted by molar-refractivity contribution is -0.166. The lowest BCUT2D eigenvalue weighted by Crippen LogP contribution is -2.37. The van der Waals surface area contributed by atoms with Crippen LogP contribution in [0.1, 0.15) is 5.56 Å². The van der Waals surface area contributed by atoms with Crippen LogP contribution in [0.3, 0.4) is 0 Å². The Balaban J connectivity index is 2.75. The van der Waals surface area contributed by atoms with Crippen molar-refractivity contribution >= 4 is 11.5 Å². The van der Waals surface area contributed by atoms with Gasteiger partial charge in [0.25, 0.3) is 5.91 Å². The largest absolute Gasteiger partial charge is 0.484 e. The summed E-state index contributed by atoms with van der Waals surface area (Å²) in [5.74, 6) is -1.24. The van der Waals surface area contributed by atoms with E-state index in [9.17, 15) is 18.0 Å². The summed E-state index contributed by atoms with van der Waals surface area (Å²) in [5, 5.41) is 0.879. The number of hydrogen-bond acceptors (Lipinski definition) is 1. The van der Waals surface area contributed by atoms with Gasteiger partial charge >= 0.3 is 6.30 Å². The van der Waals surface area contributed by atoms with Crippen LogP contribution in [0.4, 0.5) is 13.2 Å². The number of nitrogens with one attached hydrogen (secondary N) is 1. The van der Waals surface area contributed by atoms with Gasteiger partial charge in [-0.1, -0.05) is 36.9 Å². The summed E-state index contributed by atoms with van der Waals surface area (Å²) in [6.45, 7) is 3.30. The van der Waals surface area contributed by atoms with Gasteiger partial charge < -0.3 is 0 Å². The molecular weight excluding hydrogens is 207 g/mol. The van der Waals surface area contributed by atoms with Crippen molar-refractivity contribution in [2.75, 3.05) is 0 Å². The zero-order valence-electron chi connectivity index (χ0n) is 7.64. The molecule has 0 atom stereocenters. The third-order valence-corrected chi connectivity index (χ3v) is 1.65. The molecule has 0 spiro atoms. The van der Waals surface area contributed by atoms with Gasteiger partial charge in [-0.2, -0.15) is 13.2 Å². The average Bonchev–Trinajstić information content (AvgIpc) is 2.15. The Hall–Kier alpha value is -1.78. The van der Waals surface area contributed by atoms with Crippen molar-refractivity contribution < 1.29 is 18.0 Å². The first-order valence-electron chi connectivity index (χ1n) is 4.04. The van der Waals surface area contributed by atoms with E-state index in [1.807, 2.05) is 0 Å². The Morgan fingerprint density at radius 3 is 2.20 bits per heavy atom. The molecule has 0 bridgehead atoms. The van der Waals surface area contributed by atoms with Crippen LogP contribution in [-0.4, -0.2) is 12.2 Å². The molecule has 0 aliphatic heterocycles. The molecule has 0 aliphatic rings. The van der Waals surface area contributed by atoms with Crippen molar-refractivity contribution in [1.82, 2.24) is 5.32 Å². The summed E-state index contributed by atoms with van der Waals surface area (Å²) in [4.78, 5) is 11.0. The second-order valence-corrected chi connectivity index (χ2v) is 2.80. The van der Waals surface area contributed by atoms with Crippen molar-refractivity contribution in [3.8, 4) is 0 Å². The fourth-order valence-electron chi connectivity index (χ4n) is 0.975. The smallest absolute Gasteiger partial charge is 0.269 e. The Morgan fingerprint density at radius 2 is 1.73 bits per heavy atom. The van der Waals surface area contributed by atoms with Crippen LogP contribution < -0.4 is 5.32 Å². The normalized spacial score (nSPS) is 10.9. The van der Waals surface area contributed by atoms with E-state index >= 15 is 0 Å². The van der Waals surface area contributed by atoms with Crippen LogP contribution in [0, 0.1) is 0 Å². The van der Waals surface area contributed by atoms with Gasteiger partial charge in [0.1, 0.15) is 0 Å². The molecule has 2 nitrogen and oxygen atoms in total. The monoisotopic (exact) mass is 215 g/mol. The minimum absolute atomic E-state index is 0.215. The molecule has 1 aromatic carbocycles. The molecule has 15 heavy (non-hydrogen) atoms. The number of hydrogen-bond donors (Lipinski definition) is 1. The lowest BCUT2D eigenvalue weighted by Gasteiger charge is -2.09. The molecule has 0 aliphatic carbocycles. The highest BCUT2D eigenvalue weighted by Crippen LogP contribution is 2.15. The summed E-state index contributed by atoms with van der Waals surface area (Å²) < 4.78 is 35.4. The first-order valence-corrected chi connectivity index (χ1v) is 4.04. The molecule has 0 aromatic heterocycles. The molecule has 0 heterocycles. The molecule has 0 saturated heterocycles. The highest BCUT2D eigenvalue weighted by molar-refractivity contribution is 6.18. The van der Waals surface area contributed by atoms with E-state index in [-0.39, 0.29) is 5.57 Å². The predicted octanol–water partition coefficient (Wildman–Crippen LogP) is 2.34. The molecule has 0 radical (unpaired) electrons. The highest BCUT2D eigenvalue weighted by Gasteiger charge is 2.30. The number of alkyl halides is 3. The Kier molecular flexibility index (Phi) is 3.14. The van der Waals surface area contributed by atoms with Crippen LogP contribution in [0.15, 0.2) is 36.9 Å². The molecule has 80 valence electrons. The van der Waals surface area contributed by atoms with Crippen LogP contribution in [0.5, 0.6) is 0 Å². The topological polar surface area (TPSA) is 29.1 Å². The van der Waals surface area contributed by atoms with Crippen LogP contribution in [0.25, 0.3) is 5.57 Å². The third kappa shape index (κ3) is 3.46. The Labute approximate surface area is 84.4 Å². The van der Waals surface area contributed by atoms with Crippen molar-refractivity contribution in [2.45, 2.75) is 6.30 Å². The molecule has 1 N–H and O–H groups in total. The molecular formula is C10H8F3NO. The van der Waals surface area contributed by atoms with E-state index in [1.165, 1.54) is 12.1 Å². The Morgan fingerprint density at radius 1 is 1.20 bits per heavy atom. The zero-order chi connectivity index (χ0) is 11.5. The maximum atomic E-state index is 11.8. The molecule has 0 fully saturated rings. The fourth-order valence-corrected chi connectivity index (χ4v) is 0.975. The summed E-state index contributed by atoms with van der Waals surface area (Å²) in [7, 11) is 0. The number of carbonyl (C=O) groups excluding carboxylic acids is 1. The first-order chi connectivity index (χ1) is 6.90. The van der Waals surface area contributed by atoms with Crippen LogP contribution in [0.2, 0.25) is 0 Å². The van der Waals surface area contributed by atoms with Gasteiger partial charge in [-0.05, 0) is 5.56 Å². The fraction of sp³-hybridized carbons (Fsp3) is 0.100. The number of carbonyl (C=O) groups is 1. The molecule has 0 saturated carbocycles. The number of benzene rings is 1. The van der Waals surface area contributed by atoms with E-state index in [4.69, 9.17) is 0 Å². The number of amides is 1. The van der Waals surface area contributed by atoms with Crippen LogP contribution >= 0.6 is 0 Å². The van der Waals surface area contributed by atoms with Crippen LogP contribution in [-0.2, 0) is 4.79 Å². The molecule has 0 unspecified atom stereocenters. The van der Waals surface area contributed by atoms with E-state index in [0.717, 1.165) is 5.32 Å². The average molecular weight is 215 g/mol. The van der Waals surface area contributed by atoms with Gasteiger partial charge in [0.05, 0.1) is 0 Å². The van der Waals surface area contributed by atoms with Gasteiger partial charge in [0, 0.05) is 5.57 Å². The first kappa shape index (κ1) is 11.3.